The minimum absolute atomic E-state index is 0. The van der Waals surface area contributed by atoms with Crippen molar-refractivity contribution in [3.8, 4) is 0 Å². The number of likely N-dealkylation sites (tertiary alicyclic amines) is 1. The van der Waals surface area contributed by atoms with E-state index in [-0.39, 0.29) is 18.3 Å². The fraction of sp³-hybridized carbons (Fsp3) is 0.611. The summed E-state index contributed by atoms with van der Waals surface area (Å²) in [4.78, 5) is 14.6. The number of amides is 1. The van der Waals surface area contributed by atoms with Gasteiger partial charge in [0.2, 0.25) is 0 Å². The number of rotatable bonds is 2. The van der Waals surface area contributed by atoms with Gasteiger partial charge in [-0.3, -0.25) is 4.79 Å². The van der Waals surface area contributed by atoms with Gasteiger partial charge in [-0.15, -0.1) is 12.4 Å². The summed E-state index contributed by atoms with van der Waals surface area (Å²) in [6.45, 7) is 9.19. The molecule has 3 nitrogen and oxygen atoms in total. The molecule has 1 heterocycles. The van der Waals surface area contributed by atoms with Crippen molar-refractivity contribution < 1.29 is 4.79 Å². The molecule has 22 heavy (non-hydrogen) atoms. The Morgan fingerprint density at radius 3 is 2.36 bits per heavy atom. The normalized spacial score (nSPS) is 19.3. The van der Waals surface area contributed by atoms with Crippen LogP contribution in [0.1, 0.15) is 56.0 Å². The molecule has 1 unspecified atom stereocenters. The number of hydrogen-bond donors (Lipinski definition) is 1. The smallest absolute Gasteiger partial charge is 0.253 e. The zero-order valence-electron chi connectivity index (χ0n) is 14.0. The van der Waals surface area contributed by atoms with Gasteiger partial charge in [-0.2, -0.15) is 0 Å². The van der Waals surface area contributed by atoms with E-state index >= 15 is 0 Å². The Morgan fingerprint density at radius 2 is 1.82 bits per heavy atom. The largest absolute Gasteiger partial charge is 0.339 e. The molecule has 1 fully saturated rings. The molecule has 1 saturated heterocycles. The van der Waals surface area contributed by atoms with Crippen LogP contribution in [0.15, 0.2) is 24.3 Å². The first kappa shape index (κ1) is 19.0. The third-order valence-electron chi connectivity index (χ3n) is 4.68. The van der Waals surface area contributed by atoms with Gasteiger partial charge in [0.25, 0.3) is 5.91 Å². The van der Waals surface area contributed by atoms with Gasteiger partial charge in [-0.05, 0) is 48.3 Å². The number of nitrogens with zero attached hydrogens (tertiary/aromatic N) is 1. The lowest BCUT2D eigenvalue weighted by atomic mass is 9.77. The molecule has 1 aliphatic heterocycles. The Balaban J connectivity index is 0.00000242. The Hall–Kier alpha value is -1.06. The molecule has 1 atom stereocenters. The standard InChI is InChI=1S/C18H28N2O.ClH/c1-18(2,3)16-5-4-11-20(12-10-16)17(21)15-8-6-14(13-19)7-9-15;/h6-9,16H,4-5,10-13,19H2,1-3H3;1H. The highest BCUT2D eigenvalue weighted by Crippen LogP contribution is 2.34. The van der Waals surface area contributed by atoms with E-state index in [1.54, 1.807) is 0 Å². The minimum Gasteiger partial charge on any atom is -0.339 e. The van der Waals surface area contributed by atoms with E-state index in [4.69, 9.17) is 5.73 Å². The van der Waals surface area contributed by atoms with Crippen LogP contribution >= 0.6 is 12.4 Å². The molecule has 1 aromatic carbocycles. The van der Waals surface area contributed by atoms with Crippen LogP contribution in [0.2, 0.25) is 0 Å². The van der Waals surface area contributed by atoms with Crippen LogP contribution in [0, 0.1) is 11.3 Å². The Bertz CT molecular complexity index is 479. The van der Waals surface area contributed by atoms with Crippen molar-refractivity contribution in [3.05, 3.63) is 35.4 Å². The number of carbonyl (C=O) groups excluding carboxylic acids is 1. The van der Waals surface area contributed by atoms with Crippen molar-refractivity contribution in [2.24, 2.45) is 17.1 Å². The number of benzene rings is 1. The van der Waals surface area contributed by atoms with Crippen LogP contribution in [0.4, 0.5) is 0 Å². The van der Waals surface area contributed by atoms with Gasteiger partial charge in [0, 0.05) is 25.2 Å². The molecule has 124 valence electrons. The van der Waals surface area contributed by atoms with Gasteiger partial charge in [0.1, 0.15) is 0 Å². The van der Waals surface area contributed by atoms with E-state index in [0.717, 1.165) is 37.1 Å². The van der Waals surface area contributed by atoms with Crippen molar-refractivity contribution in [2.75, 3.05) is 13.1 Å². The molecule has 0 saturated carbocycles. The lowest BCUT2D eigenvalue weighted by Gasteiger charge is -2.29. The topological polar surface area (TPSA) is 46.3 Å². The minimum atomic E-state index is 0. The molecule has 1 aromatic rings. The average Bonchev–Trinajstić information content (AvgIpc) is 2.72. The second-order valence-electron chi connectivity index (χ2n) is 7.19. The van der Waals surface area contributed by atoms with E-state index in [1.165, 1.54) is 6.42 Å². The van der Waals surface area contributed by atoms with Crippen molar-refractivity contribution in [2.45, 2.75) is 46.6 Å². The van der Waals surface area contributed by atoms with Crippen LogP contribution in [0.3, 0.4) is 0 Å². The second kappa shape index (κ2) is 7.98. The number of halogens is 1. The highest BCUT2D eigenvalue weighted by Gasteiger charge is 2.28. The maximum absolute atomic E-state index is 12.6. The summed E-state index contributed by atoms with van der Waals surface area (Å²) in [6.07, 6.45) is 3.43. The average molecular weight is 325 g/mol. The maximum atomic E-state index is 12.6. The summed E-state index contributed by atoms with van der Waals surface area (Å²) in [5.41, 5.74) is 7.78. The van der Waals surface area contributed by atoms with Crippen LogP contribution in [-0.2, 0) is 6.54 Å². The summed E-state index contributed by atoms with van der Waals surface area (Å²) in [7, 11) is 0. The van der Waals surface area contributed by atoms with Gasteiger partial charge in [-0.1, -0.05) is 32.9 Å². The molecule has 0 aromatic heterocycles. The van der Waals surface area contributed by atoms with E-state index in [9.17, 15) is 4.79 Å². The summed E-state index contributed by atoms with van der Waals surface area (Å²) >= 11 is 0. The highest BCUT2D eigenvalue weighted by molar-refractivity contribution is 5.94. The first-order chi connectivity index (χ1) is 9.91. The monoisotopic (exact) mass is 324 g/mol. The molecule has 2 N–H and O–H groups in total. The highest BCUT2D eigenvalue weighted by atomic mass is 35.5. The van der Waals surface area contributed by atoms with E-state index < -0.39 is 0 Å². The summed E-state index contributed by atoms with van der Waals surface area (Å²) < 4.78 is 0. The van der Waals surface area contributed by atoms with Crippen molar-refractivity contribution in [3.63, 3.8) is 0 Å². The molecule has 1 amide bonds. The van der Waals surface area contributed by atoms with Crippen molar-refractivity contribution in [1.82, 2.24) is 4.90 Å². The third-order valence-corrected chi connectivity index (χ3v) is 4.68. The predicted molar refractivity (Wildman–Crippen MR) is 94.3 cm³/mol. The first-order valence-corrected chi connectivity index (χ1v) is 8.00. The summed E-state index contributed by atoms with van der Waals surface area (Å²) in [5.74, 6) is 0.864. The maximum Gasteiger partial charge on any atom is 0.253 e. The Morgan fingerprint density at radius 1 is 1.18 bits per heavy atom. The second-order valence-corrected chi connectivity index (χ2v) is 7.19. The van der Waals surface area contributed by atoms with Gasteiger partial charge < -0.3 is 10.6 Å². The number of nitrogens with two attached hydrogens (primary N) is 1. The lowest BCUT2D eigenvalue weighted by molar-refractivity contribution is 0.0755. The van der Waals surface area contributed by atoms with E-state index in [0.29, 0.717) is 17.9 Å². The predicted octanol–water partition coefficient (Wildman–Crippen LogP) is 3.86. The lowest BCUT2D eigenvalue weighted by Crippen LogP contribution is -2.32. The molecule has 2 rings (SSSR count). The zero-order chi connectivity index (χ0) is 15.5. The number of hydrogen-bond acceptors (Lipinski definition) is 2. The molecular weight excluding hydrogens is 296 g/mol. The van der Waals surface area contributed by atoms with Gasteiger partial charge in [-0.25, -0.2) is 0 Å². The molecule has 0 spiro atoms. The summed E-state index contributed by atoms with van der Waals surface area (Å²) in [5, 5.41) is 0. The zero-order valence-corrected chi connectivity index (χ0v) is 14.8. The van der Waals surface area contributed by atoms with E-state index in [1.807, 2.05) is 29.2 Å². The van der Waals surface area contributed by atoms with Crippen molar-refractivity contribution in [1.29, 1.82) is 0 Å². The fourth-order valence-corrected chi connectivity index (χ4v) is 3.13. The van der Waals surface area contributed by atoms with Crippen LogP contribution in [-0.4, -0.2) is 23.9 Å². The van der Waals surface area contributed by atoms with Gasteiger partial charge in [0.05, 0.1) is 0 Å². The van der Waals surface area contributed by atoms with E-state index in [2.05, 4.69) is 20.8 Å². The van der Waals surface area contributed by atoms with Gasteiger partial charge >= 0.3 is 0 Å². The quantitative estimate of drug-likeness (QED) is 0.898. The third kappa shape index (κ3) is 4.72. The molecule has 0 aliphatic carbocycles. The Labute approximate surface area is 140 Å². The van der Waals surface area contributed by atoms with Crippen LogP contribution in [0.25, 0.3) is 0 Å². The van der Waals surface area contributed by atoms with Gasteiger partial charge in [0.15, 0.2) is 0 Å². The molecule has 0 bridgehead atoms. The first-order valence-electron chi connectivity index (χ1n) is 8.00. The Kier molecular flexibility index (Phi) is 6.89. The molecular formula is C18H29ClN2O. The van der Waals surface area contributed by atoms with Crippen molar-refractivity contribution >= 4 is 18.3 Å². The molecule has 0 radical (unpaired) electrons. The molecule has 4 heteroatoms. The SMILES string of the molecule is CC(C)(C)C1CCCN(C(=O)c2ccc(CN)cc2)CC1.Cl. The van der Waals surface area contributed by atoms with Crippen LogP contribution < -0.4 is 5.73 Å². The fourth-order valence-electron chi connectivity index (χ4n) is 3.13. The number of carbonyl (C=O) groups is 1. The summed E-state index contributed by atoms with van der Waals surface area (Å²) in [6, 6.07) is 7.69. The molecule has 1 aliphatic rings. The van der Waals surface area contributed by atoms with Crippen LogP contribution in [0.5, 0.6) is 0 Å².